The highest BCUT2D eigenvalue weighted by molar-refractivity contribution is 7.89. The summed E-state index contributed by atoms with van der Waals surface area (Å²) < 4.78 is 32.8. The first-order valence-electron chi connectivity index (χ1n) is 8.19. The molecule has 2 unspecified atom stereocenters. The van der Waals surface area contributed by atoms with Crippen LogP contribution in [0.25, 0.3) is 0 Å². The van der Waals surface area contributed by atoms with Gasteiger partial charge in [-0.05, 0) is 25.3 Å². The lowest BCUT2D eigenvalue weighted by Gasteiger charge is -2.37. The molecule has 0 radical (unpaired) electrons. The summed E-state index contributed by atoms with van der Waals surface area (Å²) in [5, 5.41) is 0. The smallest absolute Gasteiger partial charge is 0.214 e. The summed E-state index contributed by atoms with van der Waals surface area (Å²) >= 11 is 0. The van der Waals surface area contributed by atoms with Crippen molar-refractivity contribution in [3.05, 3.63) is 24.4 Å². The summed E-state index contributed by atoms with van der Waals surface area (Å²) in [5.74, 6) is 0.914. The van der Waals surface area contributed by atoms with Crippen molar-refractivity contribution in [3.8, 4) is 5.88 Å². The molecule has 5 nitrogen and oxygen atoms in total. The minimum atomic E-state index is -3.12. The van der Waals surface area contributed by atoms with Crippen LogP contribution in [0.15, 0.2) is 24.4 Å². The first-order valence-corrected chi connectivity index (χ1v) is 9.80. The third-order valence-electron chi connectivity index (χ3n) is 4.63. The summed E-state index contributed by atoms with van der Waals surface area (Å²) in [6.07, 6.45) is 6.91. The Kier molecular flexibility index (Phi) is 4.68. The number of pyridine rings is 1. The third kappa shape index (κ3) is 3.27. The minimum absolute atomic E-state index is 0.0741. The van der Waals surface area contributed by atoms with Gasteiger partial charge in [-0.2, -0.15) is 4.31 Å². The second-order valence-corrected chi connectivity index (χ2v) is 8.26. The van der Waals surface area contributed by atoms with Crippen molar-refractivity contribution in [1.82, 2.24) is 9.29 Å². The van der Waals surface area contributed by atoms with E-state index in [9.17, 15) is 8.42 Å². The minimum Gasteiger partial charge on any atom is -0.474 e. The number of nitrogens with zero attached hydrogens (tertiary/aromatic N) is 2. The summed E-state index contributed by atoms with van der Waals surface area (Å²) in [6.45, 7) is 2.02. The molecular formula is C16H24N2O3S. The van der Waals surface area contributed by atoms with Crippen LogP contribution in [-0.2, 0) is 10.0 Å². The predicted octanol–water partition coefficient (Wildman–Crippen LogP) is 2.59. The van der Waals surface area contributed by atoms with Crippen molar-refractivity contribution >= 4 is 10.0 Å². The molecule has 122 valence electrons. The lowest BCUT2D eigenvalue weighted by Crippen LogP contribution is -2.49. The van der Waals surface area contributed by atoms with Crippen LogP contribution in [0, 0.1) is 0 Å². The highest BCUT2D eigenvalue weighted by Gasteiger charge is 2.47. The van der Waals surface area contributed by atoms with Crippen LogP contribution in [-0.4, -0.2) is 41.6 Å². The highest BCUT2D eigenvalue weighted by atomic mass is 32.2. The van der Waals surface area contributed by atoms with E-state index in [0.717, 1.165) is 38.5 Å². The van der Waals surface area contributed by atoms with Gasteiger partial charge in [0.25, 0.3) is 0 Å². The number of hydrogen-bond donors (Lipinski definition) is 0. The van der Waals surface area contributed by atoms with E-state index in [0.29, 0.717) is 5.88 Å². The van der Waals surface area contributed by atoms with Crippen molar-refractivity contribution in [3.63, 3.8) is 0 Å². The Labute approximate surface area is 132 Å². The van der Waals surface area contributed by atoms with E-state index in [2.05, 4.69) is 4.98 Å². The van der Waals surface area contributed by atoms with Gasteiger partial charge in [-0.25, -0.2) is 13.4 Å². The van der Waals surface area contributed by atoms with E-state index in [1.807, 2.05) is 25.1 Å². The Morgan fingerprint density at radius 2 is 2.00 bits per heavy atom. The number of rotatable bonds is 6. The average Bonchev–Trinajstić information content (AvgIpc) is 2.79. The molecule has 2 aliphatic rings. The molecule has 0 saturated carbocycles. The Balaban J connectivity index is 1.66. The Hall–Kier alpha value is -1.14. The Bertz CT molecular complexity index is 577. The summed E-state index contributed by atoms with van der Waals surface area (Å²) in [6, 6.07) is 5.83. The molecule has 0 amide bonds. The maximum atomic E-state index is 12.5. The van der Waals surface area contributed by atoms with E-state index >= 15 is 0 Å². The molecule has 2 atom stereocenters. The molecule has 22 heavy (non-hydrogen) atoms. The van der Waals surface area contributed by atoms with E-state index in [4.69, 9.17) is 4.74 Å². The van der Waals surface area contributed by atoms with Crippen LogP contribution >= 0.6 is 0 Å². The van der Waals surface area contributed by atoms with E-state index < -0.39 is 10.0 Å². The lowest BCUT2D eigenvalue weighted by atomic mass is 10.0. The standard InChI is InChI=1S/C16H24N2O3S/c1-2-3-10-22(19,20)18-13-7-8-14(18)12-15(11-13)21-16-6-4-5-9-17-16/h4-6,9,13-15H,2-3,7-8,10-12H2,1H3. The lowest BCUT2D eigenvalue weighted by molar-refractivity contribution is 0.0918. The SMILES string of the molecule is CCCCS(=O)(=O)N1C2CCC1CC(Oc1ccccn1)C2. The van der Waals surface area contributed by atoms with Crippen LogP contribution in [0.1, 0.15) is 45.4 Å². The van der Waals surface area contributed by atoms with Crippen molar-refractivity contribution in [2.24, 2.45) is 0 Å². The topological polar surface area (TPSA) is 59.5 Å². The molecule has 0 spiro atoms. The van der Waals surface area contributed by atoms with Gasteiger partial charge in [0.2, 0.25) is 15.9 Å². The number of piperidine rings is 1. The number of sulfonamides is 1. The van der Waals surface area contributed by atoms with Crippen molar-refractivity contribution in [2.45, 2.75) is 63.6 Å². The van der Waals surface area contributed by atoms with E-state index in [1.165, 1.54) is 0 Å². The highest BCUT2D eigenvalue weighted by Crippen LogP contribution is 2.39. The number of fused-ring (bicyclic) bond motifs is 2. The zero-order valence-corrected chi connectivity index (χ0v) is 13.8. The van der Waals surface area contributed by atoms with Gasteiger partial charge in [0, 0.05) is 37.2 Å². The van der Waals surface area contributed by atoms with Gasteiger partial charge in [-0.15, -0.1) is 0 Å². The average molecular weight is 324 g/mol. The molecule has 3 rings (SSSR count). The van der Waals surface area contributed by atoms with Crippen LogP contribution < -0.4 is 4.74 Å². The van der Waals surface area contributed by atoms with Gasteiger partial charge in [0.15, 0.2) is 0 Å². The van der Waals surface area contributed by atoms with Crippen LogP contribution in [0.3, 0.4) is 0 Å². The number of ether oxygens (including phenoxy) is 1. The Morgan fingerprint density at radius 1 is 1.27 bits per heavy atom. The largest absolute Gasteiger partial charge is 0.474 e. The summed E-state index contributed by atoms with van der Waals surface area (Å²) in [5.41, 5.74) is 0. The second kappa shape index (κ2) is 6.54. The molecule has 0 aliphatic carbocycles. The van der Waals surface area contributed by atoms with Gasteiger partial charge < -0.3 is 4.74 Å². The summed E-state index contributed by atoms with van der Waals surface area (Å²) in [4.78, 5) is 4.20. The molecule has 2 fully saturated rings. The zero-order valence-electron chi connectivity index (χ0n) is 13.0. The maximum absolute atomic E-state index is 12.5. The van der Waals surface area contributed by atoms with Gasteiger partial charge in [-0.1, -0.05) is 19.4 Å². The van der Waals surface area contributed by atoms with Crippen LogP contribution in [0.4, 0.5) is 0 Å². The molecule has 1 aromatic heterocycles. The van der Waals surface area contributed by atoms with E-state index in [-0.39, 0.29) is 23.9 Å². The summed E-state index contributed by atoms with van der Waals surface area (Å²) in [7, 11) is -3.12. The fourth-order valence-corrected chi connectivity index (χ4v) is 5.81. The zero-order chi connectivity index (χ0) is 15.6. The van der Waals surface area contributed by atoms with Gasteiger partial charge in [-0.3, -0.25) is 0 Å². The second-order valence-electron chi connectivity index (χ2n) is 6.26. The van der Waals surface area contributed by atoms with Gasteiger partial charge in [0.1, 0.15) is 6.10 Å². The molecule has 0 aromatic carbocycles. The fourth-order valence-electron chi connectivity index (χ4n) is 3.65. The van der Waals surface area contributed by atoms with Crippen molar-refractivity contribution in [1.29, 1.82) is 0 Å². The molecule has 2 aliphatic heterocycles. The quantitative estimate of drug-likeness (QED) is 0.807. The first-order chi connectivity index (χ1) is 10.6. The normalized spacial score (nSPS) is 28.7. The molecule has 2 bridgehead atoms. The number of unbranched alkanes of at least 4 members (excludes halogenated alkanes) is 1. The van der Waals surface area contributed by atoms with Crippen LogP contribution in [0.5, 0.6) is 5.88 Å². The molecule has 0 N–H and O–H groups in total. The monoisotopic (exact) mass is 324 g/mol. The fraction of sp³-hybridized carbons (Fsp3) is 0.688. The van der Waals surface area contributed by atoms with Crippen molar-refractivity contribution < 1.29 is 13.2 Å². The molecule has 3 heterocycles. The Morgan fingerprint density at radius 3 is 2.59 bits per heavy atom. The molecular weight excluding hydrogens is 300 g/mol. The number of aromatic nitrogens is 1. The number of hydrogen-bond acceptors (Lipinski definition) is 4. The van der Waals surface area contributed by atoms with Crippen molar-refractivity contribution in [2.75, 3.05) is 5.75 Å². The third-order valence-corrected chi connectivity index (χ3v) is 6.67. The molecule has 1 aromatic rings. The van der Waals surface area contributed by atoms with E-state index in [1.54, 1.807) is 10.5 Å². The maximum Gasteiger partial charge on any atom is 0.214 e. The predicted molar refractivity (Wildman–Crippen MR) is 85.2 cm³/mol. The van der Waals surface area contributed by atoms with Crippen LogP contribution in [0.2, 0.25) is 0 Å². The molecule has 2 saturated heterocycles. The van der Waals surface area contributed by atoms with Gasteiger partial charge >= 0.3 is 0 Å². The van der Waals surface area contributed by atoms with Gasteiger partial charge in [0.05, 0.1) is 5.75 Å². The molecule has 6 heteroatoms. The first kappa shape index (κ1) is 15.7.